The van der Waals surface area contributed by atoms with E-state index in [2.05, 4.69) is 18.0 Å². The van der Waals surface area contributed by atoms with Crippen molar-refractivity contribution in [3.05, 3.63) is 38.7 Å². The lowest BCUT2D eigenvalue weighted by Gasteiger charge is -2.02. The molecule has 0 N–H and O–H groups in total. The first-order valence-corrected chi connectivity index (χ1v) is 5.98. The van der Waals surface area contributed by atoms with Crippen LogP contribution >= 0.6 is 22.9 Å². The first-order chi connectivity index (χ1) is 7.08. The average Bonchev–Trinajstić information content (AvgIpc) is 2.50. The van der Waals surface area contributed by atoms with Crippen LogP contribution in [-0.2, 0) is 0 Å². The van der Waals surface area contributed by atoms with Crippen molar-refractivity contribution in [1.29, 1.82) is 0 Å². The van der Waals surface area contributed by atoms with Gasteiger partial charge in [-0.25, -0.2) is 4.98 Å². The molecule has 0 unspecified atom stereocenters. The number of halogens is 1. The maximum Gasteiger partial charge on any atom is 0.0904 e. The summed E-state index contributed by atoms with van der Waals surface area (Å²) in [5.74, 6) is 0. The molecule has 2 rings (SSSR count). The molecular formula is C12H12ClNS. The number of benzene rings is 1. The number of aromatic nitrogens is 1. The molecule has 0 saturated heterocycles. The van der Waals surface area contributed by atoms with Crippen LogP contribution in [-0.4, -0.2) is 4.98 Å². The molecule has 0 fully saturated rings. The molecule has 15 heavy (non-hydrogen) atoms. The predicted octanol–water partition coefficient (Wildman–Crippen LogP) is 4.39. The van der Waals surface area contributed by atoms with Gasteiger partial charge in [0.2, 0.25) is 0 Å². The molecule has 0 atom stereocenters. The van der Waals surface area contributed by atoms with Crippen LogP contribution in [0, 0.1) is 20.8 Å². The molecule has 0 saturated carbocycles. The zero-order valence-electron chi connectivity index (χ0n) is 8.97. The molecule has 1 aromatic heterocycles. The fraction of sp³-hybridized carbons (Fsp3) is 0.250. The van der Waals surface area contributed by atoms with Crippen LogP contribution in [0.1, 0.15) is 15.4 Å². The Balaban J connectivity index is 2.54. The largest absolute Gasteiger partial charge is 0.241 e. The smallest absolute Gasteiger partial charge is 0.0904 e. The Morgan fingerprint density at radius 1 is 1.20 bits per heavy atom. The molecular weight excluding hydrogens is 226 g/mol. The molecule has 0 aliphatic rings. The van der Waals surface area contributed by atoms with E-state index in [0.717, 1.165) is 26.9 Å². The lowest BCUT2D eigenvalue weighted by molar-refractivity contribution is 1.28. The predicted molar refractivity (Wildman–Crippen MR) is 66.8 cm³/mol. The van der Waals surface area contributed by atoms with Crippen LogP contribution in [0.2, 0.25) is 5.02 Å². The van der Waals surface area contributed by atoms with E-state index in [1.54, 1.807) is 11.3 Å². The highest BCUT2D eigenvalue weighted by Gasteiger charge is 2.08. The Morgan fingerprint density at radius 2 is 1.93 bits per heavy atom. The van der Waals surface area contributed by atoms with Gasteiger partial charge < -0.3 is 0 Å². The van der Waals surface area contributed by atoms with Crippen molar-refractivity contribution < 1.29 is 0 Å². The highest BCUT2D eigenvalue weighted by molar-refractivity contribution is 7.11. The summed E-state index contributed by atoms with van der Waals surface area (Å²) >= 11 is 7.82. The highest BCUT2D eigenvalue weighted by atomic mass is 35.5. The van der Waals surface area contributed by atoms with Crippen LogP contribution in [0.25, 0.3) is 11.3 Å². The molecule has 3 heteroatoms. The lowest BCUT2D eigenvalue weighted by Crippen LogP contribution is -1.82. The fourth-order valence-corrected chi connectivity index (χ4v) is 2.56. The van der Waals surface area contributed by atoms with Gasteiger partial charge in [-0.05, 0) is 32.4 Å². The van der Waals surface area contributed by atoms with Crippen LogP contribution in [0.5, 0.6) is 0 Å². The Kier molecular flexibility index (Phi) is 2.81. The maximum absolute atomic E-state index is 6.10. The Hall–Kier alpha value is -0.860. The zero-order chi connectivity index (χ0) is 11.0. The number of hydrogen-bond donors (Lipinski definition) is 0. The summed E-state index contributed by atoms with van der Waals surface area (Å²) < 4.78 is 0. The summed E-state index contributed by atoms with van der Waals surface area (Å²) in [5.41, 5.74) is 3.26. The van der Waals surface area contributed by atoms with Crippen molar-refractivity contribution in [2.24, 2.45) is 0 Å². The third-order valence-corrected chi connectivity index (χ3v) is 3.64. The SMILES string of the molecule is Cc1nc(-c2ccc(C)c(Cl)c2)c(C)s1. The third kappa shape index (κ3) is 2.06. The molecule has 0 aliphatic heterocycles. The lowest BCUT2D eigenvalue weighted by atomic mass is 10.1. The van der Waals surface area contributed by atoms with Gasteiger partial charge in [0.15, 0.2) is 0 Å². The minimum atomic E-state index is 0.803. The molecule has 2 aromatic rings. The summed E-state index contributed by atoms with van der Waals surface area (Å²) in [5, 5.41) is 1.90. The first-order valence-electron chi connectivity index (χ1n) is 4.78. The third-order valence-electron chi connectivity index (χ3n) is 2.35. The van der Waals surface area contributed by atoms with Gasteiger partial charge in [-0.1, -0.05) is 23.7 Å². The summed E-state index contributed by atoms with van der Waals surface area (Å²) in [6.07, 6.45) is 0. The molecule has 1 heterocycles. The molecule has 78 valence electrons. The van der Waals surface area contributed by atoms with Gasteiger partial charge in [0.05, 0.1) is 10.7 Å². The van der Waals surface area contributed by atoms with E-state index >= 15 is 0 Å². The second kappa shape index (κ2) is 3.95. The number of nitrogens with zero attached hydrogens (tertiary/aromatic N) is 1. The second-order valence-electron chi connectivity index (χ2n) is 3.60. The Morgan fingerprint density at radius 3 is 2.47 bits per heavy atom. The average molecular weight is 238 g/mol. The van der Waals surface area contributed by atoms with E-state index in [0.29, 0.717) is 0 Å². The summed E-state index contributed by atoms with van der Waals surface area (Å²) in [6, 6.07) is 6.09. The molecule has 0 aliphatic carbocycles. The van der Waals surface area contributed by atoms with Crippen molar-refractivity contribution in [3.8, 4) is 11.3 Å². The molecule has 0 bridgehead atoms. The van der Waals surface area contributed by atoms with E-state index in [1.165, 1.54) is 4.88 Å². The van der Waals surface area contributed by atoms with Crippen LogP contribution in [0.3, 0.4) is 0 Å². The summed E-state index contributed by atoms with van der Waals surface area (Å²) in [6.45, 7) is 6.12. The highest BCUT2D eigenvalue weighted by Crippen LogP contribution is 2.29. The minimum absolute atomic E-state index is 0.803. The van der Waals surface area contributed by atoms with Gasteiger partial charge >= 0.3 is 0 Å². The van der Waals surface area contributed by atoms with Gasteiger partial charge in [-0.3, -0.25) is 0 Å². The molecule has 1 nitrogen and oxygen atoms in total. The number of rotatable bonds is 1. The Bertz CT molecular complexity index is 502. The van der Waals surface area contributed by atoms with Gasteiger partial charge in [-0.15, -0.1) is 11.3 Å². The van der Waals surface area contributed by atoms with E-state index < -0.39 is 0 Å². The van der Waals surface area contributed by atoms with E-state index in [4.69, 9.17) is 11.6 Å². The maximum atomic E-state index is 6.10. The van der Waals surface area contributed by atoms with Gasteiger partial charge in [0, 0.05) is 15.5 Å². The van der Waals surface area contributed by atoms with E-state index in [9.17, 15) is 0 Å². The summed E-state index contributed by atoms with van der Waals surface area (Å²) in [4.78, 5) is 5.75. The van der Waals surface area contributed by atoms with Crippen molar-refractivity contribution >= 4 is 22.9 Å². The van der Waals surface area contributed by atoms with E-state index in [1.807, 2.05) is 26.0 Å². The monoisotopic (exact) mass is 237 g/mol. The van der Waals surface area contributed by atoms with Crippen LogP contribution < -0.4 is 0 Å². The van der Waals surface area contributed by atoms with Crippen molar-refractivity contribution in [2.75, 3.05) is 0 Å². The second-order valence-corrected chi connectivity index (χ2v) is 5.42. The summed E-state index contributed by atoms with van der Waals surface area (Å²) in [7, 11) is 0. The van der Waals surface area contributed by atoms with E-state index in [-0.39, 0.29) is 0 Å². The molecule has 1 aromatic carbocycles. The number of hydrogen-bond acceptors (Lipinski definition) is 2. The molecule has 0 spiro atoms. The standard InChI is InChI=1S/C12H12ClNS/c1-7-4-5-10(6-11(7)13)12-8(2)15-9(3)14-12/h4-6H,1-3H3. The topological polar surface area (TPSA) is 12.9 Å². The van der Waals surface area contributed by atoms with Gasteiger partial charge in [0.25, 0.3) is 0 Å². The zero-order valence-corrected chi connectivity index (χ0v) is 10.5. The van der Waals surface area contributed by atoms with Crippen molar-refractivity contribution in [1.82, 2.24) is 4.98 Å². The normalized spacial score (nSPS) is 10.7. The fourth-order valence-electron chi connectivity index (χ4n) is 1.54. The molecule has 0 radical (unpaired) electrons. The quantitative estimate of drug-likeness (QED) is 0.717. The first kappa shape index (κ1) is 10.7. The number of aryl methyl sites for hydroxylation is 3. The molecule has 0 amide bonds. The van der Waals surface area contributed by atoms with Crippen molar-refractivity contribution in [2.45, 2.75) is 20.8 Å². The van der Waals surface area contributed by atoms with Crippen LogP contribution in [0.4, 0.5) is 0 Å². The van der Waals surface area contributed by atoms with Gasteiger partial charge in [-0.2, -0.15) is 0 Å². The minimum Gasteiger partial charge on any atom is -0.241 e. The number of thiazole rings is 1. The Labute approximate surface area is 98.7 Å². The van der Waals surface area contributed by atoms with Gasteiger partial charge in [0.1, 0.15) is 0 Å². The van der Waals surface area contributed by atoms with Crippen LogP contribution in [0.15, 0.2) is 18.2 Å². The van der Waals surface area contributed by atoms with Crippen molar-refractivity contribution in [3.63, 3.8) is 0 Å².